The third-order valence-corrected chi connectivity index (χ3v) is 3.93. The molecule has 0 radical (unpaired) electrons. The molecule has 116 valence electrons. The van der Waals surface area contributed by atoms with Crippen LogP contribution >= 0.6 is 0 Å². The molecule has 0 aliphatic heterocycles. The summed E-state index contributed by atoms with van der Waals surface area (Å²) in [6.45, 7) is 7.48. The fraction of sp³-hybridized carbons (Fsp3) is 0.625. The quantitative estimate of drug-likeness (QED) is 0.813. The van der Waals surface area contributed by atoms with E-state index in [4.69, 9.17) is 5.10 Å². The molecule has 5 nitrogen and oxygen atoms in total. The molecule has 2 rings (SSSR count). The number of hydrogen-bond acceptors (Lipinski definition) is 3. The molecule has 0 saturated heterocycles. The minimum atomic E-state index is 0.223. The summed E-state index contributed by atoms with van der Waals surface area (Å²) in [5, 5.41) is 8.25. The average Bonchev–Trinajstić information content (AvgIpc) is 3.09. The molecule has 1 atom stereocenters. The summed E-state index contributed by atoms with van der Waals surface area (Å²) in [5.74, 6) is 0. The van der Waals surface area contributed by atoms with Crippen molar-refractivity contribution in [3.8, 4) is 0 Å². The van der Waals surface area contributed by atoms with Crippen LogP contribution in [0.15, 0.2) is 24.8 Å². The largest absolute Gasteiger partial charge is 0.340 e. The van der Waals surface area contributed by atoms with Crippen LogP contribution in [0.5, 0.6) is 0 Å². The van der Waals surface area contributed by atoms with Gasteiger partial charge < -0.3 is 9.88 Å². The fourth-order valence-electron chi connectivity index (χ4n) is 2.70. The van der Waals surface area contributed by atoms with Crippen LogP contribution in [0.4, 0.5) is 0 Å². The van der Waals surface area contributed by atoms with Gasteiger partial charge in [-0.2, -0.15) is 5.10 Å². The minimum absolute atomic E-state index is 0.223. The van der Waals surface area contributed by atoms with Gasteiger partial charge in [0.2, 0.25) is 0 Å². The highest BCUT2D eigenvalue weighted by Crippen LogP contribution is 2.18. The summed E-state index contributed by atoms with van der Waals surface area (Å²) in [6.07, 6.45) is 9.14. The number of likely N-dealkylation sites (N-methyl/N-ethyl adjacent to an activating group) is 1. The lowest BCUT2D eigenvalue weighted by Gasteiger charge is -2.15. The first kappa shape index (κ1) is 15.8. The van der Waals surface area contributed by atoms with Crippen molar-refractivity contribution in [3.05, 3.63) is 36.2 Å². The Morgan fingerprint density at radius 3 is 2.57 bits per heavy atom. The maximum atomic E-state index is 4.75. The summed E-state index contributed by atoms with van der Waals surface area (Å²) in [6, 6.07) is 2.86. The van der Waals surface area contributed by atoms with E-state index in [2.05, 4.69) is 54.2 Å². The summed E-state index contributed by atoms with van der Waals surface area (Å²) < 4.78 is 4.10. The van der Waals surface area contributed by atoms with Crippen molar-refractivity contribution in [2.24, 2.45) is 7.05 Å². The van der Waals surface area contributed by atoms with Gasteiger partial charge in [-0.3, -0.25) is 4.68 Å². The maximum Gasteiger partial charge on any atom is 0.0947 e. The highest BCUT2D eigenvalue weighted by Gasteiger charge is 2.16. The Balaban J connectivity index is 2.10. The van der Waals surface area contributed by atoms with Gasteiger partial charge >= 0.3 is 0 Å². The average molecular weight is 289 g/mol. The molecule has 1 N–H and O–H groups in total. The zero-order valence-corrected chi connectivity index (χ0v) is 13.6. The summed E-state index contributed by atoms with van der Waals surface area (Å²) in [7, 11) is 2.00. The van der Waals surface area contributed by atoms with Crippen molar-refractivity contribution in [1.82, 2.24) is 24.6 Å². The first-order chi connectivity index (χ1) is 10.2. The van der Waals surface area contributed by atoms with Crippen molar-refractivity contribution in [2.75, 3.05) is 6.54 Å². The molecule has 21 heavy (non-hydrogen) atoms. The molecule has 0 aliphatic rings. The minimum Gasteiger partial charge on any atom is -0.340 e. The molecular weight excluding hydrogens is 262 g/mol. The Bertz CT molecular complexity index is 538. The molecule has 0 bridgehead atoms. The van der Waals surface area contributed by atoms with E-state index in [9.17, 15) is 0 Å². The topological polar surface area (TPSA) is 47.7 Å². The van der Waals surface area contributed by atoms with Gasteiger partial charge in [0.1, 0.15) is 0 Å². The van der Waals surface area contributed by atoms with Gasteiger partial charge in [0.15, 0.2) is 0 Å². The Morgan fingerprint density at radius 2 is 2.00 bits per heavy atom. The molecule has 0 saturated carbocycles. The van der Waals surface area contributed by atoms with E-state index in [-0.39, 0.29) is 6.04 Å². The third-order valence-electron chi connectivity index (χ3n) is 3.93. The lowest BCUT2D eigenvalue weighted by molar-refractivity contribution is 0.422. The van der Waals surface area contributed by atoms with Crippen molar-refractivity contribution >= 4 is 0 Å². The second kappa shape index (κ2) is 7.41. The van der Waals surface area contributed by atoms with Crippen molar-refractivity contribution in [1.29, 1.82) is 0 Å². The maximum absolute atomic E-state index is 4.75. The smallest absolute Gasteiger partial charge is 0.0947 e. The van der Waals surface area contributed by atoms with Gasteiger partial charge in [-0.15, -0.1) is 0 Å². The van der Waals surface area contributed by atoms with Crippen molar-refractivity contribution < 1.29 is 0 Å². The molecule has 2 aromatic rings. The van der Waals surface area contributed by atoms with Gasteiger partial charge in [-0.25, -0.2) is 4.98 Å². The van der Waals surface area contributed by atoms with E-state index >= 15 is 0 Å². The zero-order valence-electron chi connectivity index (χ0n) is 13.6. The molecule has 0 fully saturated rings. The summed E-state index contributed by atoms with van der Waals surface area (Å²) in [5.41, 5.74) is 2.20. The number of hydrogen-bond donors (Lipinski definition) is 1. The van der Waals surface area contributed by atoms with Gasteiger partial charge in [0.25, 0.3) is 0 Å². The monoisotopic (exact) mass is 289 g/mol. The lowest BCUT2D eigenvalue weighted by Crippen LogP contribution is -2.23. The molecule has 5 heteroatoms. The molecule has 0 aromatic carbocycles. The summed E-state index contributed by atoms with van der Waals surface area (Å²) in [4.78, 5) is 4.47. The molecule has 0 spiro atoms. The zero-order chi connectivity index (χ0) is 15.2. The molecule has 1 unspecified atom stereocenters. The van der Waals surface area contributed by atoms with Gasteiger partial charge in [0.05, 0.1) is 29.8 Å². The van der Waals surface area contributed by atoms with E-state index in [0.29, 0.717) is 6.04 Å². The normalized spacial score (nSPS) is 13.0. The molecule has 0 aliphatic carbocycles. The van der Waals surface area contributed by atoms with Crippen LogP contribution in [0.2, 0.25) is 0 Å². The fourth-order valence-corrected chi connectivity index (χ4v) is 2.70. The predicted octanol–water partition coefficient (Wildman–Crippen LogP) is 2.87. The Labute approximate surface area is 127 Å². The summed E-state index contributed by atoms with van der Waals surface area (Å²) >= 11 is 0. The molecule has 2 heterocycles. The van der Waals surface area contributed by atoms with E-state index in [0.717, 1.165) is 37.2 Å². The Kier molecular flexibility index (Phi) is 5.56. The number of imidazole rings is 1. The Hall–Kier alpha value is -1.62. The number of nitrogens with one attached hydrogen (secondary N) is 1. The van der Waals surface area contributed by atoms with E-state index in [1.807, 2.05) is 17.9 Å². The highest BCUT2D eigenvalue weighted by molar-refractivity contribution is 5.10. The first-order valence-electron chi connectivity index (χ1n) is 7.93. The van der Waals surface area contributed by atoms with Crippen LogP contribution < -0.4 is 5.32 Å². The van der Waals surface area contributed by atoms with Crippen molar-refractivity contribution in [3.63, 3.8) is 0 Å². The highest BCUT2D eigenvalue weighted by atomic mass is 15.3. The van der Waals surface area contributed by atoms with Gasteiger partial charge in [-0.1, -0.05) is 20.8 Å². The third kappa shape index (κ3) is 3.94. The predicted molar refractivity (Wildman–Crippen MR) is 85.2 cm³/mol. The van der Waals surface area contributed by atoms with Crippen LogP contribution in [0, 0.1) is 0 Å². The molecule has 2 aromatic heterocycles. The van der Waals surface area contributed by atoms with Crippen LogP contribution in [0.1, 0.15) is 57.1 Å². The number of nitrogens with zero attached hydrogens (tertiary/aromatic N) is 4. The number of aromatic nitrogens is 4. The standard InChI is InChI=1S/C16H27N5/c1-5-14(6-2)21-9-8-13(19-21)10-15(17-7-3)16-11-20(4)12-18-16/h8-9,11-12,14-15,17H,5-7,10H2,1-4H3. The lowest BCUT2D eigenvalue weighted by atomic mass is 10.1. The number of aryl methyl sites for hydroxylation is 1. The van der Waals surface area contributed by atoms with E-state index in [1.165, 1.54) is 0 Å². The second-order valence-corrected chi connectivity index (χ2v) is 5.54. The second-order valence-electron chi connectivity index (χ2n) is 5.54. The number of rotatable bonds is 8. The molecule has 0 amide bonds. The van der Waals surface area contributed by atoms with Crippen LogP contribution in [0.25, 0.3) is 0 Å². The first-order valence-corrected chi connectivity index (χ1v) is 7.93. The van der Waals surface area contributed by atoms with Crippen LogP contribution in [-0.2, 0) is 13.5 Å². The van der Waals surface area contributed by atoms with E-state index < -0.39 is 0 Å². The van der Waals surface area contributed by atoms with Crippen LogP contribution in [0.3, 0.4) is 0 Å². The molecular formula is C16H27N5. The SMILES string of the molecule is CCNC(Cc1ccn(C(CC)CC)n1)c1cn(C)cn1. The Morgan fingerprint density at radius 1 is 1.24 bits per heavy atom. The van der Waals surface area contributed by atoms with Crippen LogP contribution in [-0.4, -0.2) is 25.9 Å². The van der Waals surface area contributed by atoms with E-state index in [1.54, 1.807) is 0 Å². The van der Waals surface area contributed by atoms with Gasteiger partial charge in [0, 0.05) is 25.9 Å². The van der Waals surface area contributed by atoms with Gasteiger partial charge in [-0.05, 0) is 25.5 Å². The van der Waals surface area contributed by atoms with Crippen molar-refractivity contribution in [2.45, 2.75) is 52.1 Å².